The Labute approximate surface area is 216 Å². The number of pyridine rings is 1. The van der Waals surface area contributed by atoms with Gasteiger partial charge in [0, 0.05) is 16.1 Å². The van der Waals surface area contributed by atoms with E-state index in [4.69, 9.17) is 16.3 Å². The monoisotopic (exact) mass is 526 g/mol. The van der Waals surface area contributed by atoms with Gasteiger partial charge in [-0.25, -0.2) is 4.98 Å². The molecule has 0 amide bonds. The second-order valence-electron chi connectivity index (χ2n) is 8.25. The van der Waals surface area contributed by atoms with Gasteiger partial charge in [-0.15, -0.1) is 0 Å². The van der Waals surface area contributed by atoms with Gasteiger partial charge in [0.2, 0.25) is 0 Å². The SMILES string of the molecule is CC(=O)c1c(-c2ccccc2)nc(S[C@@H]2O[C@H](CO)[C@@H](O)[C@H](O)[C@H]2O)c(C#N)c1-c1ccc(Cl)cc1. The lowest BCUT2D eigenvalue weighted by molar-refractivity contribution is -0.205. The number of nitrogens with zero attached hydrogens (tertiary/aromatic N) is 2. The summed E-state index contributed by atoms with van der Waals surface area (Å²) in [7, 11) is 0. The van der Waals surface area contributed by atoms with Crippen molar-refractivity contribution in [1.82, 2.24) is 4.98 Å². The molecular weight excluding hydrogens is 504 g/mol. The van der Waals surface area contributed by atoms with Crippen molar-refractivity contribution in [1.29, 1.82) is 5.26 Å². The van der Waals surface area contributed by atoms with Gasteiger partial charge < -0.3 is 25.2 Å². The average Bonchev–Trinajstić information content (AvgIpc) is 2.89. The van der Waals surface area contributed by atoms with Crippen molar-refractivity contribution in [2.24, 2.45) is 0 Å². The van der Waals surface area contributed by atoms with E-state index >= 15 is 0 Å². The number of carbonyl (C=O) groups excluding carboxylic acids is 1. The third-order valence-electron chi connectivity index (χ3n) is 5.88. The molecule has 2 aromatic carbocycles. The van der Waals surface area contributed by atoms with Crippen molar-refractivity contribution in [3.05, 3.63) is 70.7 Å². The topological polar surface area (TPSA) is 144 Å². The molecule has 0 bridgehead atoms. The van der Waals surface area contributed by atoms with E-state index in [0.29, 0.717) is 27.4 Å². The van der Waals surface area contributed by atoms with Crippen LogP contribution in [0.1, 0.15) is 22.8 Å². The van der Waals surface area contributed by atoms with Crippen LogP contribution in [0, 0.1) is 11.3 Å². The van der Waals surface area contributed by atoms with Gasteiger partial charge in [-0.2, -0.15) is 5.26 Å². The molecule has 186 valence electrons. The van der Waals surface area contributed by atoms with Gasteiger partial charge in [0.25, 0.3) is 0 Å². The Kier molecular flexibility index (Phi) is 8.07. The molecular formula is C26H23ClN2O6S. The summed E-state index contributed by atoms with van der Waals surface area (Å²) >= 11 is 6.94. The molecule has 0 unspecified atom stereocenters. The quantitative estimate of drug-likeness (QED) is 0.356. The smallest absolute Gasteiger partial charge is 0.162 e. The number of hydrogen-bond acceptors (Lipinski definition) is 9. The first-order valence-corrected chi connectivity index (χ1v) is 12.3. The zero-order chi connectivity index (χ0) is 26.0. The maximum absolute atomic E-state index is 12.9. The van der Waals surface area contributed by atoms with Gasteiger partial charge in [-0.05, 0) is 24.6 Å². The zero-order valence-electron chi connectivity index (χ0n) is 19.1. The van der Waals surface area contributed by atoms with E-state index in [1.54, 1.807) is 48.5 Å². The number of aromatic nitrogens is 1. The van der Waals surface area contributed by atoms with Crippen molar-refractivity contribution < 1.29 is 30.0 Å². The van der Waals surface area contributed by atoms with Crippen molar-refractivity contribution in [3.8, 4) is 28.5 Å². The molecule has 1 aliphatic rings. The van der Waals surface area contributed by atoms with Crippen molar-refractivity contribution in [2.75, 3.05) is 6.61 Å². The highest BCUT2D eigenvalue weighted by Crippen LogP contribution is 2.42. The number of ether oxygens (including phenoxy) is 1. The van der Waals surface area contributed by atoms with E-state index in [1.807, 2.05) is 6.07 Å². The predicted octanol–water partition coefficient (Wildman–Crippen LogP) is 3.04. The molecule has 0 spiro atoms. The average molecular weight is 527 g/mol. The van der Waals surface area contributed by atoms with Crippen LogP contribution in [0.4, 0.5) is 0 Å². The molecule has 36 heavy (non-hydrogen) atoms. The molecule has 0 aliphatic carbocycles. The van der Waals surface area contributed by atoms with Crippen molar-refractivity contribution >= 4 is 29.1 Å². The Morgan fingerprint density at radius 1 is 1.06 bits per heavy atom. The van der Waals surface area contributed by atoms with Crippen LogP contribution in [0.2, 0.25) is 5.02 Å². The Balaban J connectivity index is 1.95. The van der Waals surface area contributed by atoms with Crippen LogP contribution in [0.25, 0.3) is 22.4 Å². The van der Waals surface area contributed by atoms with Crippen molar-refractivity contribution in [2.45, 2.75) is 41.8 Å². The van der Waals surface area contributed by atoms with E-state index < -0.39 is 36.5 Å². The van der Waals surface area contributed by atoms with Crippen molar-refractivity contribution in [3.63, 3.8) is 0 Å². The fourth-order valence-electron chi connectivity index (χ4n) is 4.08. The molecule has 2 heterocycles. The largest absolute Gasteiger partial charge is 0.394 e. The Morgan fingerprint density at radius 2 is 1.72 bits per heavy atom. The van der Waals surface area contributed by atoms with Gasteiger partial charge in [0.1, 0.15) is 40.9 Å². The number of aliphatic hydroxyl groups excluding tert-OH is 4. The predicted molar refractivity (Wildman–Crippen MR) is 134 cm³/mol. The summed E-state index contributed by atoms with van der Waals surface area (Å²) in [6.07, 6.45) is -5.75. The Morgan fingerprint density at radius 3 is 2.31 bits per heavy atom. The number of aliphatic hydroxyl groups is 4. The third-order valence-corrected chi connectivity index (χ3v) is 7.28. The maximum Gasteiger partial charge on any atom is 0.162 e. The highest BCUT2D eigenvalue weighted by atomic mass is 35.5. The fraction of sp³-hybridized carbons (Fsp3) is 0.269. The van der Waals surface area contributed by atoms with E-state index in [0.717, 1.165) is 11.8 Å². The van der Waals surface area contributed by atoms with Crippen LogP contribution in [-0.2, 0) is 4.74 Å². The molecule has 4 rings (SSSR count). The number of rotatable bonds is 6. The number of Topliss-reactive ketones (excluding diaryl/α,β-unsaturated/α-hetero) is 1. The second-order valence-corrected chi connectivity index (χ2v) is 9.77. The first-order chi connectivity index (χ1) is 17.3. The van der Waals surface area contributed by atoms with Gasteiger partial charge in [0.05, 0.1) is 23.4 Å². The first kappa shape index (κ1) is 26.3. The molecule has 10 heteroatoms. The summed E-state index contributed by atoms with van der Waals surface area (Å²) in [6.45, 7) is 0.809. The number of benzene rings is 2. The highest BCUT2D eigenvalue weighted by molar-refractivity contribution is 7.99. The summed E-state index contributed by atoms with van der Waals surface area (Å²) in [5.74, 6) is -0.299. The van der Waals surface area contributed by atoms with Crippen LogP contribution in [0.3, 0.4) is 0 Å². The minimum Gasteiger partial charge on any atom is -0.394 e. The normalized spacial score (nSPS) is 23.8. The van der Waals surface area contributed by atoms with E-state index in [9.17, 15) is 30.5 Å². The van der Waals surface area contributed by atoms with Crippen LogP contribution < -0.4 is 0 Å². The lowest BCUT2D eigenvalue weighted by Gasteiger charge is -2.39. The molecule has 8 nitrogen and oxygen atoms in total. The maximum atomic E-state index is 12.9. The third kappa shape index (κ3) is 5.03. The summed E-state index contributed by atoms with van der Waals surface area (Å²) in [4.78, 5) is 17.6. The van der Waals surface area contributed by atoms with Gasteiger partial charge in [-0.3, -0.25) is 4.79 Å². The van der Waals surface area contributed by atoms with Crippen LogP contribution >= 0.6 is 23.4 Å². The molecule has 5 atom stereocenters. The highest BCUT2D eigenvalue weighted by Gasteiger charge is 2.44. The Bertz CT molecular complexity index is 1300. The fourth-order valence-corrected chi connectivity index (χ4v) is 5.33. The summed E-state index contributed by atoms with van der Waals surface area (Å²) in [5.41, 5.74) is 1.04. The molecule has 4 N–H and O–H groups in total. The molecule has 1 aromatic heterocycles. The van der Waals surface area contributed by atoms with E-state index in [2.05, 4.69) is 11.1 Å². The molecule has 3 aromatic rings. The molecule has 0 saturated carbocycles. The van der Waals surface area contributed by atoms with Crippen LogP contribution in [0.15, 0.2) is 59.6 Å². The molecule has 1 saturated heterocycles. The molecule has 0 radical (unpaired) electrons. The number of thioether (sulfide) groups is 1. The summed E-state index contributed by atoms with van der Waals surface area (Å²) in [5, 5.41) is 51.3. The minimum absolute atomic E-state index is 0.0733. The van der Waals surface area contributed by atoms with Crippen LogP contribution in [0.5, 0.6) is 0 Å². The van der Waals surface area contributed by atoms with E-state index in [1.165, 1.54) is 6.92 Å². The molecule has 1 fully saturated rings. The summed E-state index contributed by atoms with van der Waals surface area (Å²) in [6, 6.07) is 17.8. The van der Waals surface area contributed by atoms with Gasteiger partial charge in [-0.1, -0.05) is 65.8 Å². The van der Waals surface area contributed by atoms with E-state index in [-0.39, 0.29) is 21.9 Å². The molecule has 1 aliphatic heterocycles. The number of halogens is 1. The Hall–Kier alpha value is -2.81. The number of nitriles is 1. The number of hydrogen-bond donors (Lipinski definition) is 4. The first-order valence-electron chi connectivity index (χ1n) is 11.0. The van der Waals surface area contributed by atoms with Crippen LogP contribution in [-0.4, -0.2) is 67.7 Å². The second kappa shape index (κ2) is 11.1. The lowest BCUT2D eigenvalue weighted by atomic mass is 9.90. The lowest BCUT2D eigenvalue weighted by Crippen LogP contribution is -2.57. The zero-order valence-corrected chi connectivity index (χ0v) is 20.6. The number of carbonyl (C=O) groups is 1. The standard InChI is InChI=1S/C26H23ClN2O6S/c1-13(31)19-20(14-7-9-16(27)10-8-14)17(11-28)25(29-21(19)15-5-3-2-4-6-15)36-26-24(34)23(33)22(32)18(12-30)35-26/h2-10,18,22-24,26,30,32-34H,12H2,1H3/t18-,22-,23+,24-,26+/m1/s1. The van der Waals surface area contributed by atoms with Gasteiger partial charge >= 0.3 is 0 Å². The summed E-state index contributed by atoms with van der Waals surface area (Å²) < 4.78 is 5.64. The van der Waals surface area contributed by atoms with Gasteiger partial charge in [0.15, 0.2) is 5.78 Å². The minimum atomic E-state index is -1.58. The number of ketones is 1.